The molecule has 0 saturated carbocycles. The number of benzene rings is 1. The van der Waals surface area contributed by atoms with Crippen LogP contribution in [0.5, 0.6) is 0 Å². The summed E-state index contributed by atoms with van der Waals surface area (Å²) in [6.45, 7) is 5.65. The maximum absolute atomic E-state index is 12.6. The zero-order chi connectivity index (χ0) is 13.4. The number of alkyl halides is 2. The summed E-state index contributed by atoms with van der Waals surface area (Å²) in [7, 11) is 0. The number of aromatic amines is 1. The van der Waals surface area contributed by atoms with Crippen molar-refractivity contribution < 1.29 is 8.78 Å². The molecule has 18 heavy (non-hydrogen) atoms. The lowest BCUT2D eigenvalue weighted by atomic mass is 10.1. The maximum Gasteiger partial charge on any atom is 0.279 e. The molecular weight excluding hydrogens is 238 g/mol. The second kappa shape index (κ2) is 4.40. The van der Waals surface area contributed by atoms with Gasteiger partial charge in [-0.25, -0.2) is 13.5 Å². The SMILES string of the molecule is Cc1cc(C)c(-n2[nH]c(C(F)F)cc2=O)c(C)c1. The third-order valence-electron chi connectivity index (χ3n) is 2.83. The first-order valence-electron chi connectivity index (χ1n) is 5.58. The summed E-state index contributed by atoms with van der Waals surface area (Å²) in [5.41, 5.74) is 2.62. The molecule has 0 saturated heterocycles. The third kappa shape index (κ3) is 2.08. The molecule has 1 aromatic heterocycles. The number of H-pyrrole nitrogens is 1. The molecule has 1 N–H and O–H groups in total. The zero-order valence-electron chi connectivity index (χ0n) is 10.4. The van der Waals surface area contributed by atoms with Crippen LogP contribution in [0.4, 0.5) is 8.78 Å². The number of hydrogen-bond donors (Lipinski definition) is 1. The highest BCUT2D eigenvalue weighted by Gasteiger charge is 2.15. The molecule has 0 aliphatic rings. The van der Waals surface area contributed by atoms with Gasteiger partial charge in [-0.2, -0.15) is 0 Å². The fraction of sp³-hybridized carbons (Fsp3) is 0.308. The van der Waals surface area contributed by atoms with E-state index >= 15 is 0 Å². The molecule has 5 heteroatoms. The molecule has 0 radical (unpaired) electrons. The van der Waals surface area contributed by atoms with Gasteiger partial charge in [0.2, 0.25) is 0 Å². The highest BCUT2D eigenvalue weighted by atomic mass is 19.3. The lowest BCUT2D eigenvalue weighted by molar-refractivity contribution is 0.145. The lowest BCUT2D eigenvalue weighted by Crippen LogP contribution is -2.16. The average molecular weight is 252 g/mol. The fourth-order valence-electron chi connectivity index (χ4n) is 2.22. The van der Waals surface area contributed by atoms with E-state index in [1.54, 1.807) is 0 Å². The summed E-state index contributed by atoms with van der Waals surface area (Å²) < 4.78 is 26.3. The van der Waals surface area contributed by atoms with Crippen LogP contribution in [0.1, 0.15) is 28.8 Å². The predicted octanol–water partition coefficient (Wildman–Crippen LogP) is 3.03. The molecule has 0 aliphatic heterocycles. The van der Waals surface area contributed by atoms with Gasteiger partial charge in [0, 0.05) is 6.07 Å². The smallest absolute Gasteiger partial charge is 0.279 e. The molecule has 0 atom stereocenters. The molecule has 0 fully saturated rings. The van der Waals surface area contributed by atoms with Crippen molar-refractivity contribution in [1.82, 2.24) is 9.78 Å². The second-order valence-corrected chi connectivity index (χ2v) is 4.43. The van der Waals surface area contributed by atoms with Gasteiger partial charge >= 0.3 is 0 Å². The van der Waals surface area contributed by atoms with Gasteiger partial charge in [0.05, 0.1) is 5.69 Å². The molecule has 3 nitrogen and oxygen atoms in total. The van der Waals surface area contributed by atoms with Gasteiger partial charge in [0.15, 0.2) is 0 Å². The summed E-state index contributed by atoms with van der Waals surface area (Å²) in [6.07, 6.45) is -2.68. The van der Waals surface area contributed by atoms with Gasteiger partial charge in [0.1, 0.15) is 5.69 Å². The minimum Gasteiger partial charge on any atom is -0.289 e. The Morgan fingerprint density at radius 2 is 1.67 bits per heavy atom. The minimum atomic E-state index is -2.68. The van der Waals surface area contributed by atoms with Gasteiger partial charge in [-0.3, -0.25) is 9.89 Å². The highest BCUT2D eigenvalue weighted by Crippen LogP contribution is 2.21. The summed E-state index contributed by atoms with van der Waals surface area (Å²) in [5.74, 6) is 0. The molecule has 0 amide bonds. The molecule has 2 rings (SSSR count). The molecule has 0 aliphatic carbocycles. The number of halogens is 2. The van der Waals surface area contributed by atoms with E-state index in [1.165, 1.54) is 4.68 Å². The van der Waals surface area contributed by atoms with Crippen molar-refractivity contribution in [3.8, 4) is 5.69 Å². The summed E-state index contributed by atoms with van der Waals surface area (Å²) >= 11 is 0. The third-order valence-corrected chi connectivity index (χ3v) is 2.83. The molecule has 1 heterocycles. The Bertz CT molecular complexity index is 618. The number of nitrogens with one attached hydrogen (secondary N) is 1. The van der Waals surface area contributed by atoms with Crippen LogP contribution in [-0.2, 0) is 0 Å². The lowest BCUT2D eigenvalue weighted by Gasteiger charge is -2.11. The van der Waals surface area contributed by atoms with Crippen LogP contribution in [0, 0.1) is 20.8 Å². The normalized spacial score (nSPS) is 11.2. The van der Waals surface area contributed by atoms with E-state index < -0.39 is 12.0 Å². The number of nitrogens with zero attached hydrogens (tertiary/aromatic N) is 1. The second-order valence-electron chi connectivity index (χ2n) is 4.43. The Kier molecular flexibility index (Phi) is 3.07. The maximum atomic E-state index is 12.6. The van der Waals surface area contributed by atoms with Crippen molar-refractivity contribution in [3.05, 3.63) is 50.9 Å². The van der Waals surface area contributed by atoms with E-state index in [-0.39, 0.29) is 5.69 Å². The van der Waals surface area contributed by atoms with E-state index in [9.17, 15) is 13.6 Å². The minimum absolute atomic E-state index is 0.362. The number of aryl methyl sites for hydroxylation is 3. The van der Waals surface area contributed by atoms with Crippen molar-refractivity contribution in [3.63, 3.8) is 0 Å². The Morgan fingerprint density at radius 1 is 1.11 bits per heavy atom. The zero-order valence-corrected chi connectivity index (χ0v) is 10.4. The molecule has 0 bridgehead atoms. The molecule has 1 aromatic carbocycles. The van der Waals surface area contributed by atoms with Gasteiger partial charge in [-0.05, 0) is 31.9 Å². The topological polar surface area (TPSA) is 37.8 Å². The van der Waals surface area contributed by atoms with Crippen LogP contribution in [0.25, 0.3) is 5.69 Å². The summed E-state index contributed by atoms with van der Waals surface area (Å²) in [5, 5.41) is 2.45. The van der Waals surface area contributed by atoms with Crippen LogP contribution >= 0.6 is 0 Å². The number of hydrogen-bond acceptors (Lipinski definition) is 1. The molecule has 96 valence electrons. The molecule has 0 spiro atoms. The van der Waals surface area contributed by atoms with Gasteiger partial charge in [0.25, 0.3) is 12.0 Å². The summed E-state index contributed by atoms with van der Waals surface area (Å²) in [6, 6.07) is 4.76. The van der Waals surface area contributed by atoms with Crippen molar-refractivity contribution in [2.24, 2.45) is 0 Å². The Labute approximate surface area is 103 Å². The van der Waals surface area contributed by atoms with Gasteiger partial charge in [-0.15, -0.1) is 0 Å². The standard InChI is InChI=1S/C13H14F2N2O/c1-7-4-8(2)12(9(3)5-7)17-11(18)6-10(16-17)13(14)15/h4-6,13,16H,1-3H3. The summed E-state index contributed by atoms with van der Waals surface area (Å²) in [4.78, 5) is 11.7. The van der Waals surface area contributed by atoms with Crippen LogP contribution < -0.4 is 5.56 Å². The van der Waals surface area contributed by atoms with Gasteiger partial charge < -0.3 is 0 Å². The fourth-order valence-corrected chi connectivity index (χ4v) is 2.22. The van der Waals surface area contributed by atoms with E-state index in [2.05, 4.69) is 5.10 Å². The monoisotopic (exact) mass is 252 g/mol. The van der Waals surface area contributed by atoms with Crippen molar-refractivity contribution in [2.75, 3.05) is 0 Å². The first kappa shape index (κ1) is 12.5. The Balaban J connectivity index is 2.66. The molecule has 0 unspecified atom stereocenters. The van der Waals surface area contributed by atoms with Crippen LogP contribution in [0.15, 0.2) is 23.0 Å². The number of aromatic nitrogens is 2. The largest absolute Gasteiger partial charge is 0.289 e. The van der Waals surface area contributed by atoms with Crippen LogP contribution in [0.3, 0.4) is 0 Å². The Morgan fingerprint density at radius 3 is 2.11 bits per heavy atom. The van der Waals surface area contributed by atoms with Gasteiger partial charge in [-0.1, -0.05) is 17.7 Å². The molecule has 2 aromatic rings. The molecular formula is C13H14F2N2O. The van der Waals surface area contributed by atoms with Crippen molar-refractivity contribution in [1.29, 1.82) is 0 Å². The first-order chi connectivity index (χ1) is 8.40. The first-order valence-corrected chi connectivity index (χ1v) is 5.58. The van der Waals surface area contributed by atoms with Crippen LogP contribution in [-0.4, -0.2) is 9.78 Å². The van der Waals surface area contributed by atoms with E-state index in [0.29, 0.717) is 5.69 Å². The predicted molar refractivity (Wildman–Crippen MR) is 65.6 cm³/mol. The van der Waals surface area contributed by atoms with Crippen LogP contribution in [0.2, 0.25) is 0 Å². The quantitative estimate of drug-likeness (QED) is 0.876. The Hall–Kier alpha value is -1.91. The van der Waals surface area contributed by atoms with E-state index in [1.807, 2.05) is 32.9 Å². The van der Waals surface area contributed by atoms with E-state index in [0.717, 1.165) is 22.8 Å². The van der Waals surface area contributed by atoms with Crippen molar-refractivity contribution >= 4 is 0 Å². The van der Waals surface area contributed by atoms with E-state index in [4.69, 9.17) is 0 Å². The number of rotatable bonds is 2. The average Bonchev–Trinajstić information content (AvgIpc) is 2.59. The highest BCUT2D eigenvalue weighted by molar-refractivity contribution is 5.48. The van der Waals surface area contributed by atoms with Crippen molar-refractivity contribution in [2.45, 2.75) is 27.2 Å².